The van der Waals surface area contributed by atoms with Crippen LogP contribution < -0.4 is 11.1 Å². The molecule has 0 aromatic heterocycles. The summed E-state index contributed by atoms with van der Waals surface area (Å²) in [6, 6.07) is 14.6. The van der Waals surface area contributed by atoms with Crippen LogP contribution in [0.3, 0.4) is 0 Å². The molecule has 118 valence electrons. The average Bonchev–Trinajstić information content (AvgIpc) is 2.52. The monoisotopic (exact) mass is 298 g/mol. The number of benzene rings is 2. The summed E-state index contributed by atoms with van der Waals surface area (Å²) in [4.78, 5) is 12.2. The van der Waals surface area contributed by atoms with E-state index in [2.05, 4.69) is 49.5 Å². The average molecular weight is 298 g/mol. The van der Waals surface area contributed by atoms with Gasteiger partial charge in [0.05, 0.1) is 5.54 Å². The largest absolute Gasteiger partial charge is 0.349 e. The Labute approximate surface area is 132 Å². The molecule has 2 rings (SSSR count). The third kappa shape index (κ3) is 3.86. The first-order valence-electron chi connectivity index (χ1n) is 7.93. The summed E-state index contributed by atoms with van der Waals surface area (Å²) in [6.07, 6.45) is 1.23. The Hall–Kier alpha value is -1.87. The standard InChI is InChI=1S/C19H26N2O/c1-14(2)19(3,13-20)21-18(22)11-9-15-8-10-16-6-4-5-7-17(16)12-15/h4-8,10,12,14H,9,11,13,20H2,1-3H3,(H,21,22). The molecule has 0 aliphatic carbocycles. The normalized spacial score (nSPS) is 14.0. The first kappa shape index (κ1) is 16.5. The van der Waals surface area contributed by atoms with E-state index >= 15 is 0 Å². The zero-order valence-corrected chi connectivity index (χ0v) is 13.7. The summed E-state index contributed by atoms with van der Waals surface area (Å²) in [6.45, 7) is 6.62. The van der Waals surface area contributed by atoms with E-state index in [-0.39, 0.29) is 11.4 Å². The second-order valence-corrected chi connectivity index (χ2v) is 6.51. The number of amides is 1. The van der Waals surface area contributed by atoms with Crippen molar-refractivity contribution < 1.29 is 4.79 Å². The Bertz CT molecular complexity index is 651. The fourth-order valence-corrected chi connectivity index (χ4v) is 2.46. The van der Waals surface area contributed by atoms with Crippen molar-refractivity contribution >= 4 is 16.7 Å². The predicted molar refractivity (Wildman–Crippen MR) is 92.7 cm³/mol. The number of carbonyl (C=O) groups is 1. The van der Waals surface area contributed by atoms with E-state index in [1.54, 1.807) is 0 Å². The SMILES string of the molecule is CC(C)C(C)(CN)NC(=O)CCc1ccc2ccccc2c1. The lowest BCUT2D eigenvalue weighted by Crippen LogP contribution is -2.55. The number of carbonyl (C=O) groups excluding carboxylic acids is 1. The van der Waals surface area contributed by atoms with E-state index < -0.39 is 0 Å². The summed E-state index contributed by atoms with van der Waals surface area (Å²) in [7, 11) is 0. The van der Waals surface area contributed by atoms with Crippen LogP contribution in [0.1, 0.15) is 32.8 Å². The Morgan fingerprint density at radius 3 is 2.50 bits per heavy atom. The molecule has 0 radical (unpaired) electrons. The molecule has 3 nitrogen and oxygen atoms in total. The van der Waals surface area contributed by atoms with Crippen molar-refractivity contribution in [2.45, 2.75) is 39.2 Å². The molecule has 1 unspecified atom stereocenters. The second kappa shape index (κ2) is 6.93. The molecule has 2 aromatic rings. The Morgan fingerprint density at radius 1 is 1.18 bits per heavy atom. The molecule has 0 heterocycles. The number of fused-ring (bicyclic) bond motifs is 1. The number of aryl methyl sites for hydroxylation is 1. The first-order valence-corrected chi connectivity index (χ1v) is 7.93. The van der Waals surface area contributed by atoms with E-state index in [0.29, 0.717) is 18.9 Å². The van der Waals surface area contributed by atoms with Crippen LogP contribution in [0.4, 0.5) is 0 Å². The zero-order chi connectivity index (χ0) is 16.2. The molecule has 1 amide bonds. The quantitative estimate of drug-likeness (QED) is 0.860. The van der Waals surface area contributed by atoms with Gasteiger partial charge in [0.1, 0.15) is 0 Å². The van der Waals surface area contributed by atoms with E-state index in [1.165, 1.54) is 16.3 Å². The molecular formula is C19H26N2O. The second-order valence-electron chi connectivity index (χ2n) is 6.51. The maximum absolute atomic E-state index is 12.2. The zero-order valence-electron chi connectivity index (χ0n) is 13.7. The van der Waals surface area contributed by atoms with E-state index in [0.717, 1.165) is 6.42 Å². The molecule has 3 N–H and O–H groups in total. The topological polar surface area (TPSA) is 55.1 Å². The molecule has 0 aliphatic rings. The van der Waals surface area contributed by atoms with Gasteiger partial charge in [0.25, 0.3) is 0 Å². The highest BCUT2D eigenvalue weighted by molar-refractivity contribution is 5.83. The van der Waals surface area contributed by atoms with Crippen LogP contribution in [-0.2, 0) is 11.2 Å². The van der Waals surface area contributed by atoms with Crippen molar-refractivity contribution in [2.75, 3.05) is 6.54 Å². The molecule has 0 aliphatic heterocycles. The van der Waals surface area contributed by atoms with Gasteiger partial charge in [0, 0.05) is 13.0 Å². The minimum Gasteiger partial charge on any atom is -0.349 e. The van der Waals surface area contributed by atoms with Gasteiger partial charge in [-0.25, -0.2) is 0 Å². The van der Waals surface area contributed by atoms with Crippen molar-refractivity contribution in [3.8, 4) is 0 Å². The van der Waals surface area contributed by atoms with E-state index in [9.17, 15) is 4.79 Å². The number of rotatable bonds is 6. The van der Waals surface area contributed by atoms with Crippen LogP contribution in [0.2, 0.25) is 0 Å². The van der Waals surface area contributed by atoms with Crippen molar-refractivity contribution in [1.29, 1.82) is 0 Å². The van der Waals surface area contributed by atoms with Gasteiger partial charge in [-0.1, -0.05) is 56.3 Å². The fraction of sp³-hybridized carbons (Fsp3) is 0.421. The summed E-state index contributed by atoms with van der Waals surface area (Å²) in [5.74, 6) is 0.372. The minimum atomic E-state index is -0.333. The van der Waals surface area contributed by atoms with Gasteiger partial charge in [-0.15, -0.1) is 0 Å². The van der Waals surface area contributed by atoms with Gasteiger partial charge in [0.2, 0.25) is 5.91 Å². The lowest BCUT2D eigenvalue weighted by Gasteiger charge is -2.33. The highest BCUT2D eigenvalue weighted by atomic mass is 16.1. The Kier molecular flexibility index (Phi) is 5.19. The van der Waals surface area contributed by atoms with Crippen LogP contribution in [0, 0.1) is 5.92 Å². The summed E-state index contributed by atoms with van der Waals surface area (Å²) in [5.41, 5.74) is 6.67. The summed E-state index contributed by atoms with van der Waals surface area (Å²) >= 11 is 0. The predicted octanol–water partition coefficient (Wildman–Crippen LogP) is 3.26. The summed E-state index contributed by atoms with van der Waals surface area (Å²) < 4.78 is 0. The smallest absolute Gasteiger partial charge is 0.220 e. The third-order valence-corrected chi connectivity index (χ3v) is 4.58. The Morgan fingerprint density at radius 2 is 1.86 bits per heavy atom. The van der Waals surface area contributed by atoms with Gasteiger partial charge in [-0.2, -0.15) is 0 Å². The maximum atomic E-state index is 12.2. The highest BCUT2D eigenvalue weighted by Crippen LogP contribution is 2.18. The van der Waals surface area contributed by atoms with Crippen molar-refractivity contribution in [2.24, 2.45) is 11.7 Å². The van der Waals surface area contributed by atoms with Crippen LogP contribution in [-0.4, -0.2) is 18.0 Å². The van der Waals surface area contributed by atoms with Crippen molar-refractivity contribution in [3.05, 3.63) is 48.0 Å². The molecule has 1 atom stereocenters. The fourth-order valence-electron chi connectivity index (χ4n) is 2.46. The van der Waals surface area contributed by atoms with E-state index in [1.807, 2.05) is 19.1 Å². The first-order chi connectivity index (χ1) is 10.4. The number of nitrogens with one attached hydrogen (secondary N) is 1. The molecule has 22 heavy (non-hydrogen) atoms. The molecule has 0 spiro atoms. The van der Waals surface area contributed by atoms with Gasteiger partial charge in [0.15, 0.2) is 0 Å². The molecule has 0 fully saturated rings. The number of hydrogen-bond acceptors (Lipinski definition) is 2. The molecule has 0 bridgehead atoms. The van der Waals surface area contributed by atoms with Crippen LogP contribution in [0.15, 0.2) is 42.5 Å². The van der Waals surface area contributed by atoms with Gasteiger partial charge in [-0.3, -0.25) is 4.79 Å². The maximum Gasteiger partial charge on any atom is 0.220 e. The molecule has 0 saturated carbocycles. The van der Waals surface area contributed by atoms with Crippen molar-refractivity contribution in [3.63, 3.8) is 0 Å². The molecule has 0 saturated heterocycles. The molecule has 3 heteroatoms. The van der Waals surface area contributed by atoms with Gasteiger partial charge in [-0.05, 0) is 35.6 Å². The van der Waals surface area contributed by atoms with Gasteiger partial charge < -0.3 is 11.1 Å². The van der Waals surface area contributed by atoms with Gasteiger partial charge >= 0.3 is 0 Å². The van der Waals surface area contributed by atoms with Crippen LogP contribution in [0.5, 0.6) is 0 Å². The lowest BCUT2D eigenvalue weighted by molar-refractivity contribution is -0.123. The number of nitrogens with two attached hydrogens (primary N) is 1. The third-order valence-electron chi connectivity index (χ3n) is 4.58. The lowest BCUT2D eigenvalue weighted by atomic mass is 9.88. The molecular weight excluding hydrogens is 272 g/mol. The van der Waals surface area contributed by atoms with Crippen LogP contribution in [0.25, 0.3) is 10.8 Å². The highest BCUT2D eigenvalue weighted by Gasteiger charge is 2.28. The van der Waals surface area contributed by atoms with Crippen LogP contribution >= 0.6 is 0 Å². The summed E-state index contributed by atoms with van der Waals surface area (Å²) in [5, 5.41) is 5.53. The van der Waals surface area contributed by atoms with Crippen molar-refractivity contribution in [1.82, 2.24) is 5.32 Å². The number of hydrogen-bond donors (Lipinski definition) is 2. The minimum absolute atomic E-state index is 0.0646. The Balaban J connectivity index is 1.98. The van der Waals surface area contributed by atoms with E-state index in [4.69, 9.17) is 5.73 Å². The molecule has 2 aromatic carbocycles.